The lowest BCUT2D eigenvalue weighted by Crippen LogP contribution is -2.65. The summed E-state index contributed by atoms with van der Waals surface area (Å²) in [7, 11) is 4.68. The zero-order valence-electron chi connectivity index (χ0n) is 59.1. The van der Waals surface area contributed by atoms with Crippen LogP contribution < -0.4 is 10.9 Å². The number of nitrogens with one attached hydrogen (secondary N) is 2. The van der Waals surface area contributed by atoms with Gasteiger partial charge in [-0.25, -0.2) is 14.6 Å². The Labute approximate surface area is 564 Å². The van der Waals surface area contributed by atoms with E-state index in [4.69, 9.17) is 66.0 Å². The first-order valence-corrected chi connectivity index (χ1v) is 37.3. The first-order chi connectivity index (χ1) is 45.3. The zero-order valence-corrected chi connectivity index (χ0v) is 60.1. The number of aromatic amines is 1. The number of likely N-dealkylation sites (N-methyl/N-ethyl adjacent to an activating group) is 2. The van der Waals surface area contributed by atoms with Crippen molar-refractivity contribution in [3.05, 3.63) is 59.2 Å². The first-order valence-electron chi connectivity index (χ1n) is 34.4. The van der Waals surface area contributed by atoms with Gasteiger partial charge in [-0.1, -0.05) is 57.2 Å². The van der Waals surface area contributed by atoms with E-state index < -0.39 is 148 Å². The number of hydrogen-bond acceptors (Lipinski definition) is 25. The molecule has 0 aromatic carbocycles. The van der Waals surface area contributed by atoms with E-state index in [0.717, 1.165) is 6.42 Å². The van der Waals surface area contributed by atoms with Crippen molar-refractivity contribution < 1.29 is 85.8 Å². The number of H-pyrrole nitrogens is 1. The minimum atomic E-state index is -2.52. The summed E-state index contributed by atoms with van der Waals surface area (Å²) in [6.45, 7) is 26.0. The molecule has 96 heavy (non-hydrogen) atoms. The molecule has 2 bridgehead atoms. The monoisotopic (exact) mass is 1370 g/mol. The van der Waals surface area contributed by atoms with Gasteiger partial charge in [0.05, 0.1) is 74.0 Å². The molecule has 0 aliphatic carbocycles. The van der Waals surface area contributed by atoms with Gasteiger partial charge >= 0.3 is 11.9 Å². The van der Waals surface area contributed by atoms with Crippen LogP contribution >= 0.6 is 0 Å². The molecule has 538 valence electrons. The van der Waals surface area contributed by atoms with E-state index in [1.54, 1.807) is 36.4 Å². The number of rotatable bonds is 19. The maximum Gasteiger partial charge on any atom is 0.308 e. The van der Waals surface area contributed by atoms with Crippen LogP contribution in [0.1, 0.15) is 146 Å². The topological polar surface area (TPSA) is 313 Å². The molecule has 0 radical (unpaired) electrons. The lowest BCUT2D eigenvalue weighted by Gasteiger charge is -2.50. The highest BCUT2D eigenvalue weighted by atomic mass is 28.4. The maximum atomic E-state index is 14.0. The number of ether oxygens (including phenoxy) is 13. The normalized spacial score (nSPS) is 39.5. The Morgan fingerprint density at radius 3 is 2.35 bits per heavy atom. The minimum absolute atomic E-state index is 0.0233. The number of aliphatic hydroxyl groups excluding tert-OH is 1. The number of hydrogen-bond donors (Lipinski definition) is 4. The summed E-state index contributed by atoms with van der Waals surface area (Å²) in [6, 6.07) is -0.538. The summed E-state index contributed by atoms with van der Waals surface area (Å²) in [5, 5.41) is 36.7. The lowest BCUT2D eigenvalue weighted by molar-refractivity contribution is -0.343. The summed E-state index contributed by atoms with van der Waals surface area (Å²) < 4.78 is 95.7. The van der Waals surface area contributed by atoms with Crippen LogP contribution in [-0.2, 0) is 88.6 Å². The number of cyclic esters (lactones) is 1. The van der Waals surface area contributed by atoms with Crippen molar-refractivity contribution in [1.82, 2.24) is 44.7 Å². The van der Waals surface area contributed by atoms with Gasteiger partial charge in [0, 0.05) is 45.0 Å². The highest BCUT2D eigenvalue weighted by Crippen LogP contribution is 2.46. The van der Waals surface area contributed by atoms with Crippen molar-refractivity contribution in [1.29, 1.82) is 0 Å². The van der Waals surface area contributed by atoms with Gasteiger partial charge in [-0.15, -0.1) is 5.10 Å². The molecule has 3 aromatic heterocycles. The van der Waals surface area contributed by atoms with Gasteiger partial charge in [0.2, 0.25) is 0 Å². The molecule has 10 rings (SSSR count). The number of fused-ring (bicyclic) bond motifs is 5. The van der Waals surface area contributed by atoms with E-state index in [1.165, 1.54) is 12.7 Å². The Bertz CT molecular complexity index is 3190. The molecule has 0 spiro atoms. The Kier molecular flexibility index (Phi) is 23.8. The fourth-order valence-electron chi connectivity index (χ4n) is 14.5. The standard InChI is InChI=1S/C67H107N9O19Si/c1-36-28-41-29-50(95-96(16,17)65(6,7)8)88-45(30-48(78)83-37(2)22-19-18-20-24-44(36)87-49-27-26-43(68-12)38(3)84-49)57(82-15)56(41)92-64-54(79)53(74(13)14)55(39(4)86-64)91-51-31-67(11,81)60(40(5)85-51)90-47(77)25-21-23-42-32-75(73-72-42)33-46-58-59(94-66(9,10)93-58)63(89-46)76-35-71-52-61(76)69-34-70-62(52)80/h18-20,24,32,34-41,43-46,49-51,53-60,63-64,68,79,81H,21-23,25-31,33H2,1-17H3,(H,69,70,80)/b19-18+,24-20+/t36-,37-,38-,39-,40+,41-,43+,44+,45-,46+,49+,50?,51+,53-,54-,55-,56+,57+,58-,59-,60+,63-,64+,67-/m1/s1. The zero-order chi connectivity index (χ0) is 69.3. The van der Waals surface area contributed by atoms with Gasteiger partial charge in [-0.2, -0.15) is 0 Å². The molecule has 4 N–H and O–H groups in total. The van der Waals surface area contributed by atoms with Gasteiger partial charge in [0.25, 0.3) is 5.56 Å². The second-order valence-corrected chi connectivity index (χ2v) is 34.6. The number of aliphatic hydroxyl groups is 2. The van der Waals surface area contributed by atoms with Gasteiger partial charge in [0.1, 0.15) is 54.6 Å². The average molecular weight is 1370 g/mol. The lowest BCUT2D eigenvalue weighted by atomic mass is 9.82. The maximum absolute atomic E-state index is 14.0. The fourth-order valence-corrected chi connectivity index (χ4v) is 15.7. The van der Waals surface area contributed by atoms with Crippen molar-refractivity contribution in [2.75, 3.05) is 28.3 Å². The van der Waals surface area contributed by atoms with E-state index in [-0.39, 0.29) is 65.9 Å². The fraction of sp³-hybridized carbons (Fsp3) is 0.806. The summed E-state index contributed by atoms with van der Waals surface area (Å²) >= 11 is 0. The van der Waals surface area contributed by atoms with Crippen LogP contribution in [-0.4, -0.2) is 232 Å². The van der Waals surface area contributed by atoms with Crippen molar-refractivity contribution in [2.24, 2.45) is 11.8 Å². The number of nitrogens with zero attached hydrogens (tertiary/aromatic N) is 7. The second kappa shape index (κ2) is 30.8. The third-order valence-electron chi connectivity index (χ3n) is 20.5. The van der Waals surface area contributed by atoms with Crippen LogP contribution in [0.3, 0.4) is 0 Å². The number of allylic oxidation sites excluding steroid dienone is 2. The Morgan fingerprint density at radius 1 is 0.896 bits per heavy atom. The van der Waals surface area contributed by atoms with Gasteiger partial charge in [0.15, 0.2) is 56.5 Å². The molecular weight excluding hydrogens is 1260 g/mol. The highest BCUT2D eigenvalue weighted by Gasteiger charge is 2.58. The van der Waals surface area contributed by atoms with E-state index in [9.17, 15) is 24.6 Å². The smallest absolute Gasteiger partial charge is 0.308 e. The molecule has 6 fully saturated rings. The number of aryl methyl sites for hydroxylation is 1. The van der Waals surface area contributed by atoms with E-state index >= 15 is 0 Å². The van der Waals surface area contributed by atoms with E-state index in [2.05, 4.69) is 84.4 Å². The van der Waals surface area contributed by atoms with Crippen LogP contribution in [0.4, 0.5) is 0 Å². The molecule has 0 amide bonds. The summed E-state index contributed by atoms with van der Waals surface area (Å²) in [4.78, 5) is 53.1. The van der Waals surface area contributed by atoms with Crippen molar-refractivity contribution in [3.8, 4) is 0 Å². The first kappa shape index (κ1) is 74.2. The summed E-state index contributed by atoms with van der Waals surface area (Å²) in [5.74, 6) is -2.41. The van der Waals surface area contributed by atoms with Crippen molar-refractivity contribution >= 4 is 31.4 Å². The number of methoxy groups -OCH3 is 1. The number of aromatic nitrogens is 7. The molecule has 28 nitrogen and oxygen atoms in total. The summed E-state index contributed by atoms with van der Waals surface area (Å²) in [6.07, 6.45) is 2.18. The van der Waals surface area contributed by atoms with Crippen LogP contribution in [0, 0.1) is 11.8 Å². The number of carbonyl (C=O) groups excluding carboxylic acids is 2. The van der Waals surface area contributed by atoms with Crippen LogP contribution in [0.5, 0.6) is 0 Å². The second-order valence-electron chi connectivity index (χ2n) is 29.9. The molecule has 1 unspecified atom stereocenters. The molecule has 7 aliphatic rings. The van der Waals surface area contributed by atoms with Gasteiger partial charge < -0.3 is 91.4 Å². The molecule has 0 saturated carbocycles. The molecule has 3 aromatic rings. The third kappa shape index (κ3) is 17.3. The predicted molar refractivity (Wildman–Crippen MR) is 350 cm³/mol. The SMILES string of the molecule is CN[C@H]1CC[C@H](O[C@H]2/C=C/C=C/C[C@@H](C)OC(=O)C[C@H]3OC(O[Si](C)(C)C(C)(C)C)C[C@@H](C[C@H]2C)[C@H](O[C@@H]2O[C@H](C)[C@@H](O[C@H]4C[C@@](C)(O)[C@@H](OC(=O)CCCc5cn(C[C@@H]6O[C@@H](n7cnc8c(=O)[nH]cnc87)[C@@H]7OC(C)(C)O[C@@H]76)nn5)[C@H](C)O4)[C@H](N(C)C)[C@H]2O)[C@H]3OC)O[C@@H]1C. The average Bonchev–Trinajstić information content (AvgIpc) is 1.61. The Balaban J connectivity index is 0.793. The van der Waals surface area contributed by atoms with Crippen LogP contribution in [0.25, 0.3) is 11.2 Å². The molecule has 24 atom stereocenters. The quantitative estimate of drug-likeness (QED) is 0.0803. The Morgan fingerprint density at radius 2 is 1.65 bits per heavy atom. The minimum Gasteiger partial charge on any atom is -0.462 e. The van der Waals surface area contributed by atoms with Crippen molar-refractivity contribution in [3.63, 3.8) is 0 Å². The molecule has 6 saturated heterocycles. The Hall–Kier alpha value is -4.51. The number of carbonyl (C=O) groups is 2. The highest BCUT2D eigenvalue weighted by molar-refractivity contribution is 6.74. The molecule has 29 heteroatoms. The molecular formula is C67H107N9O19Si. The van der Waals surface area contributed by atoms with Gasteiger partial charge in [-0.3, -0.25) is 19.0 Å². The number of imidazole rings is 1. The van der Waals surface area contributed by atoms with Crippen LogP contribution in [0.15, 0.2) is 48.0 Å². The molecule has 10 heterocycles. The van der Waals surface area contributed by atoms with Crippen LogP contribution in [0.2, 0.25) is 18.1 Å². The van der Waals surface area contributed by atoms with Gasteiger partial charge in [-0.05, 0) is 132 Å². The largest absolute Gasteiger partial charge is 0.462 e. The predicted octanol–water partition coefficient (Wildman–Crippen LogP) is 5.89. The molecule has 7 aliphatic heterocycles. The third-order valence-corrected chi connectivity index (χ3v) is 25.0. The summed E-state index contributed by atoms with van der Waals surface area (Å²) in [5.41, 5.74) is -0.785. The number of esters is 2. The van der Waals surface area contributed by atoms with Crippen molar-refractivity contribution in [2.45, 2.75) is 305 Å². The van der Waals surface area contributed by atoms with E-state index in [0.29, 0.717) is 49.9 Å². The van der Waals surface area contributed by atoms with E-state index in [1.807, 2.05) is 72.0 Å².